The van der Waals surface area contributed by atoms with Gasteiger partial charge >= 0.3 is 0 Å². The molecule has 2 amide bonds. The minimum absolute atomic E-state index is 0.162. The summed E-state index contributed by atoms with van der Waals surface area (Å²) < 4.78 is 0. The number of carbonyl (C=O) groups excluding carboxylic acids is 2. The molecule has 36 heavy (non-hydrogen) atoms. The van der Waals surface area contributed by atoms with Crippen LogP contribution in [0.3, 0.4) is 0 Å². The van der Waals surface area contributed by atoms with Gasteiger partial charge in [0.2, 0.25) is 0 Å². The molecule has 0 aromatic heterocycles. The summed E-state index contributed by atoms with van der Waals surface area (Å²) in [4.78, 5) is 30.2. The molecule has 2 aromatic rings. The first kappa shape index (κ1) is 24.1. The third-order valence-corrected chi connectivity index (χ3v) is 6.74. The van der Waals surface area contributed by atoms with Gasteiger partial charge in [-0.05, 0) is 62.4 Å². The molecule has 0 aliphatic carbocycles. The highest BCUT2D eigenvalue weighted by Crippen LogP contribution is 2.27. The van der Waals surface area contributed by atoms with Crippen molar-refractivity contribution in [2.45, 2.75) is 13.8 Å². The molecule has 8 nitrogen and oxygen atoms in total. The topological polar surface area (TPSA) is 71.8 Å². The van der Waals surface area contributed by atoms with Crippen molar-refractivity contribution in [1.29, 1.82) is 0 Å². The molecule has 1 fully saturated rings. The first-order valence-corrected chi connectivity index (χ1v) is 12.3. The van der Waals surface area contributed by atoms with E-state index in [1.54, 1.807) is 48.5 Å². The van der Waals surface area contributed by atoms with E-state index >= 15 is 0 Å². The van der Waals surface area contributed by atoms with Crippen molar-refractivity contribution < 1.29 is 9.59 Å². The number of amides is 2. The molecule has 10 heteroatoms. The van der Waals surface area contributed by atoms with Gasteiger partial charge in [0.25, 0.3) is 11.8 Å². The normalized spacial score (nSPS) is 20.7. The van der Waals surface area contributed by atoms with Gasteiger partial charge in [0, 0.05) is 48.6 Å². The van der Waals surface area contributed by atoms with Gasteiger partial charge in [-0.2, -0.15) is 20.2 Å². The SMILES string of the molecule is CC1=NN(c2ccc(Cl)cc2)C(=O)/C1=C\N1CCN(/C=C2\C(=O)N(c3ccc(Cl)cc3)N=C2C)CC1. The lowest BCUT2D eigenvalue weighted by Crippen LogP contribution is -2.42. The van der Waals surface area contributed by atoms with Gasteiger partial charge in [-0.3, -0.25) is 9.59 Å². The maximum atomic E-state index is 13.0. The van der Waals surface area contributed by atoms with E-state index in [4.69, 9.17) is 23.2 Å². The zero-order valence-corrected chi connectivity index (χ0v) is 21.4. The minimum atomic E-state index is -0.162. The van der Waals surface area contributed by atoms with Gasteiger partial charge in [-0.1, -0.05) is 23.2 Å². The van der Waals surface area contributed by atoms with Crippen LogP contribution in [0.25, 0.3) is 0 Å². The molecule has 2 aromatic carbocycles. The van der Waals surface area contributed by atoms with E-state index in [1.165, 1.54) is 10.0 Å². The average Bonchev–Trinajstić information content (AvgIpc) is 3.31. The highest BCUT2D eigenvalue weighted by atomic mass is 35.5. The van der Waals surface area contributed by atoms with Gasteiger partial charge < -0.3 is 9.80 Å². The summed E-state index contributed by atoms with van der Waals surface area (Å²) in [6, 6.07) is 14.0. The fraction of sp³-hybridized carbons (Fsp3) is 0.231. The van der Waals surface area contributed by atoms with E-state index in [1.807, 2.05) is 26.2 Å². The van der Waals surface area contributed by atoms with Crippen LogP contribution in [0.5, 0.6) is 0 Å². The molecule has 3 aliphatic heterocycles. The molecule has 0 spiro atoms. The molecule has 0 unspecified atom stereocenters. The molecule has 5 rings (SSSR count). The number of anilines is 2. The van der Waals surface area contributed by atoms with E-state index < -0.39 is 0 Å². The standard InChI is InChI=1S/C26H24Cl2N6O2/c1-17-23(25(35)33(29-17)21-7-3-19(27)4-8-21)15-31-11-13-32(14-12-31)16-24-18(2)30-34(26(24)36)22-9-5-20(28)6-10-22/h3-10,15-16H,11-14H2,1-2H3/b23-15-,24-16-. The molecular weight excluding hydrogens is 499 g/mol. The Morgan fingerprint density at radius 1 is 0.639 bits per heavy atom. The van der Waals surface area contributed by atoms with Crippen LogP contribution < -0.4 is 10.0 Å². The molecule has 1 saturated heterocycles. The molecule has 0 atom stereocenters. The Morgan fingerprint density at radius 3 is 1.31 bits per heavy atom. The van der Waals surface area contributed by atoms with Crippen LogP contribution in [0.4, 0.5) is 11.4 Å². The summed E-state index contributed by atoms with van der Waals surface area (Å²) in [5, 5.41) is 12.9. The Kier molecular flexibility index (Phi) is 6.55. The van der Waals surface area contributed by atoms with E-state index in [9.17, 15) is 9.59 Å². The molecule has 3 heterocycles. The van der Waals surface area contributed by atoms with Crippen molar-refractivity contribution in [3.63, 3.8) is 0 Å². The van der Waals surface area contributed by atoms with Crippen LogP contribution >= 0.6 is 23.2 Å². The molecule has 0 saturated carbocycles. The first-order chi connectivity index (χ1) is 17.3. The summed E-state index contributed by atoms with van der Waals surface area (Å²) in [7, 11) is 0. The fourth-order valence-corrected chi connectivity index (χ4v) is 4.46. The van der Waals surface area contributed by atoms with Crippen molar-refractivity contribution >= 4 is 57.8 Å². The number of hydrogen-bond donors (Lipinski definition) is 0. The van der Waals surface area contributed by atoms with Gasteiger partial charge in [-0.15, -0.1) is 0 Å². The van der Waals surface area contributed by atoms with Crippen molar-refractivity contribution in [2.24, 2.45) is 10.2 Å². The summed E-state index contributed by atoms with van der Waals surface area (Å²) in [6.45, 7) is 6.50. The molecule has 0 bridgehead atoms. The van der Waals surface area contributed by atoms with Crippen molar-refractivity contribution in [3.05, 3.63) is 82.1 Å². The highest BCUT2D eigenvalue weighted by molar-refractivity contribution is 6.32. The van der Waals surface area contributed by atoms with Crippen molar-refractivity contribution in [1.82, 2.24) is 9.80 Å². The maximum Gasteiger partial charge on any atom is 0.282 e. The van der Waals surface area contributed by atoms with Crippen LogP contribution in [0, 0.1) is 0 Å². The van der Waals surface area contributed by atoms with Crippen LogP contribution in [-0.2, 0) is 9.59 Å². The van der Waals surface area contributed by atoms with Crippen molar-refractivity contribution in [2.75, 3.05) is 36.2 Å². The number of hydrogen-bond acceptors (Lipinski definition) is 6. The van der Waals surface area contributed by atoms with Gasteiger partial charge in [-0.25, -0.2) is 0 Å². The summed E-state index contributed by atoms with van der Waals surface area (Å²) in [5.41, 5.74) is 3.84. The van der Waals surface area contributed by atoms with Crippen LogP contribution in [0.2, 0.25) is 10.0 Å². The van der Waals surface area contributed by atoms with Gasteiger partial charge in [0.15, 0.2) is 0 Å². The summed E-state index contributed by atoms with van der Waals surface area (Å²) >= 11 is 11.9. The second-order valence-corrected chi connectivity index (χ2v) is 9.59. The number of halogens is 2. The van der Waals surface area contributed by atoms with Crippen LogP contribution in [0.15, 0.2) is 82.3 Å². The average molecular weight is 523 g/mol. The molecule has 184 valence electrons. The van der Waals surface area contributed by atoms with E-state index in [0.29, 0.717) is 70.2 Å². The third kappa shape index (κ3) is 4.74. The number of nitrogens with zero attached hydrogens (tertiary/aromatic N) is 6. The Hall–Kier alpha value is -3.62. The smallest absolute Gasteiger partial charge is 0.282 e. The Balaban J connectivity index is 1.23. The second-order valence-electron chi connectivity index (χ2n) is 8.72. The zero-order valence-electron chi connectivity index (χ0n) is 19.9. The zero-order chi connectivity index (χ0) is 25.4. The highest BCUT2D eigenvalue weighted by Gasteiger charge is 2.31. The largest absolute Gasteiger partial charge is 0.373 e. The second kappa shape index (κ2) is 9.79. The third-order valence-electron chi connectivity index (χ3n) is 6.24. The minimum Gasteiger partial charge on any atom is -0.373 e. The number of rotatable bonds is 4. The monoisotopic (exact) mass is 522 g/mol. The number of carbonyl (C=O) groups is 2. The molecular formula is C26H24Cl2N6O2. The van der Waals surface area contributed by atoms with Crippen LogP contribution in [-0.4, -0.2) is 59.2 Å². The lowest BCUT2D eigenvalue weighted by molar-refractivity contribution is -0.115. The maximum absolute atomic E-state index is 13.0. The van der Waals surface area contributed by atoms with Gasteiger partial charge in [0.05, 0.1) is 33.9 Å². The summed E-state index contributed by atoms with van der Waals surface area (Å²) in [6.07, 6.45) is 3.77. The quantitative estimate of drug-likeness (QED) is 0.553. The van der Waals surface area contributed by atoms with Gasteiger partial charge in [0.1, 0.15) is 0 Å². The predicted molar refractivity (Wildman–Crippen MR) is 143 cm³/mol. The lowest BCUT2D eigenvalue weighted by Gasteiger charge is -2.34. The Bertz CT molecular complexity index is 1220. The van der Waals surface area contributed by atoms with E-state index in [0.717, 1.165) is 0 Å². The summed E-state index contributed by atoms with van der Waals surface area (Å²) in [5.74, 6) is -0.324. The van der Waals surface area contributed by atoms with E-state index in [-0.39, 0.29) is 11.8 Å². The molecule has 0 N–H and O–H groups in total. The van der Waals surface area contributed by atoms with E-state index in [2.05, 4.69) is 20.0 Å². The first-order valence-electron chi connectivity index (χ1n) is 11.5. The number of benzene rings is 2. The molecule has 0 radical (unpaired) electrons. The Morgan fingerprint density at radius 2 is 0.972 bits per heavy atom. The van der Waals surface area contributed by atoms with Crippen molar-refractivity contribution in [3.8, 4) is 0 Å². The number of piperazine rings is 1. The Labute approximate surface area is 219 Å². The number of hydrazone groups is 2. The molecule has 3 aliphatic rings. The lowest BCUT2D eigenvalue weighted by atomic mass is 10.1. The predicted octanol–water partition coefficient (Wildman–Crippen LogP) is 4.52. The van der Waals surface area contributed by atoms with Crippen LogP contribution in [0.1, 0.15) is 13.8 Å². The fourth-order valence-electron chi connectivity index (χ4n) is 4.21.